The van der Waals surface area contributed by atoms with Crippen LogP contribution in [0.25, 0.3) is 0 Å². The standard InChI is InChI=1S/C20H26N6O4S/c1-2-16(7-8-21)26-13-17(18(22)27)19(24-26)23-15-5-3-14(4-6-15)20(28)25-9-11-31(29,30)12-10-25/h3-6,13,16,18,27H,2,7,9-12,22H2,1H3,(H,23,24). The molecule has 1 fully saturated rings. The maximum Gasteiger partial charge on any atom is 0.253 e. The van der Waals surface area contributed by atoms with Crippen LogP contribution in [0.3, 0.4) is 0 Å². The van der Waals surface area contributed by atoms with E-state index in [-0.39, 0.29) is 43.0 Å². The number of benzene rings is 1. The number of nitrogens with two attached hydrogens (primary N) is 1. The molecule has 1 aliphatic rings. The number of sulfone groups is 1. The first-order valence-corrected chi connectivity index (χ1v) is 11.8. The third-order valence-electron chi connectivity index (χ3n) is 5.28. The SMILES string of the molecule is CCC(CC#N)n1cc(C(N)O)c(Nc2ccc(C(=O)N3CCS(=O)(=O)CC3)cc2)n1. The second-order valence-electron chi connectivity index (χ2n) is 7.43. The Balaban J connectivity index is 1.74. The highest BCUT2D eigenvalue weighted by Crippen LogP contribution is 2.26. The molecule has 0 spiro atoms. The fourth-order valence-corrected chi connectivity index (χ4v) is 4.57. The van der Waals surface area contributed by atoms with E-state index in [1.807, 2.05) is 6.92 Å². The van der Waals surface area contributed by atoms with E-state index in [1.54, 1.807) is 35.1 Å². The second kappa shape index (κ2) is 9.47. The van der Waals surface area contributed by atoms with Crippen LogP contribution < -0.4 is 11.1 Å². The molecular formula is C20H26N6O4S. The number of amides is 1. The lowest BCUT2D eigenvalue weighted by molar-refractivity contribution is 0.0770. The number of aliphatic hydroxyl groups excluding tert-OH is 1. The molecule has 31 heavy (non-hydrogen) atoms. The lowest BCUT2D eigenvalue weighted by atomic mass is 10.1. The molecule has 2 aromatic rings. The summed E-state index contributed by atoms with van der Waals surface area (Å²) in [5.74, 6) is 0.115. The molecule has 4 N–H and O–H groups in total. The van der Waals surface area contributed by atoms with Gasteiger partial charge in [-0.25, -0.2) is 8.42 Å². The molecule has 2 heterocycles. The van der Waals surface area contributed by atoms with E-state index >= 15 is 0 Å². The molecule has 0 saturated carbocycles. The molecule has 0 aliphatic carbocycles. The van der Waals surface area contributed by atoms with Gasteiger partial charge in [0, 0.05) is 30.5 Å². The molecule has 1 aromatic heterocycles. The van der Waals surface area contributed by atoms with Crippen molar-refractivity contribution in [2.75, 3.05) is 29.9 Å². The van der Waals surface area contributed by atoms with Crippen molar-refractivity contribution in [2.45, 2.75) is 32.0 Å². The lowest BCUT2D eigenvalue weighted by Crippen LogP contribution is -2.43. The zero-order valence-electron chi connectivity index (χ0n) is 17.2. The zero-order valence-corrected chi connectivity index (χ0v) is 18.0. The molecule has 166 valence electrons. The van der Waals surface area contributed by atoms with Gasteiger partial charge in [0.1, 0.15) is 6.23 Å². The Kier molecular flexibility index (Phi) is 6.94. The second-order valence-corrected chi connectivity index (χ2v) is 9.73. The third kappa shape index (κ3) is 5.41. The highest BCUT2D eigenvalue weighted by molar-refractivity contribution is 7.91. The van der Waals surface area contributed by atoms with Gasteiger partial charge in [-0.2, -0.15) is 10.4 Å². The van der Waals surface area contributed by atoms with Gasteiger partial charge in [0.25, 0.3) is 5.91 Å². The zero-order chi connectivity index (χ0) is 22.6. The predicted molar refractivity (Wildman–Crippen MR) is 115 cm³/mol. The molecule has 0 radical (unpaired) electrons. The smallest absolute Gasteiger partial charge is 0.253 e. The number of nitrogens with one attached hydrogen (secondary N) is 1. The van der Waals surface area contributed by atoms with E-state index in [0.717, 1.165) is 0 Å². The lowest BCUT2D eigenvalue weighted by Gasteiger charge is -2.26. The van der Waals surface area contributed by atoms with Gasteiger partial charge >= 0.3 is 0 Å². The van der Waals surface area contributed by atoms with Crippen LogP contribution in [-0.2, 0) is 9.84 Å². The Bertz CT molecular complexity index is 1060. The maximum atomic E-state index is 12.6. The van der Waals surface area contributed by atoms with Crippen molar-refractivity contribution in [3.8, 4) is 6.07 Å². The summed E-state index contributed by atoms with van der Waals surface area (Å²) in [4.78, 5) is 14.2. The quantitative estimate of drug-likeness (QED) is 0.538. The van der Waals surface area contributed by atoms with Crippen molar-refractivity contribution >= 4 is 27.2 Å². The minimum absolute atomic E-state index is 0.0181. The van der Waals surface area contributed by atoms with E-state index in [1.165, 1.54) is 4.90 Å². The van der Waals surface area contributed by atoms with Gasteiger partial charge in [-0.3, -0.25) is 9.48 Å². The Morgan fingerprint density at radius 3 is 2.52 bits per heavy atom. The number of nitriles is 1. The van der Waals surface area contributed by atoms with Crippen LogP contribution in [-0.4, -0.2) is 58.7 Å². The minimum Gasteiger partial charge on any atom is -0.374 e. The van der Waals surface area contributed by atoms with Gasteiger partial charge in [0.05, 0.1) is 35.6 Å². The third-order valence-corrected chi connectivity index (χ3v) is 6.89. The Labute approximate surface area is 181 Å². The summed E-state index contributed by atoms with van der Waals surface area (Å²) < 4.78 is 24.7. The van der Waals surface area contributed by atoms with Crippen molar-refractivity contribution in [1.29, 1.82) is 5.26 Å². The number of nitrogens with zero attached hydrogens (tertiary/aromatic N) is 4. The van der Waals surface area contributed by atoms with E-state index in [2.05, 4.69) is 16.5 Å². The summed E-state index contributed by atoms with van der Waals surface area (Å²) in [5, 5.41) is 26.4. The molecule has 11 heteroatoms. The van der Waals surface area contributed by atoms with Crippen molar-refractivity contribution < 1.29 is 18.3 Å². The number of hydrogen-bond donors (Lipinski definition) is 3. The average molecular weight is 447 g/mol. The maximum absolute atomic E-state index is 12.6. The van der Waals surface area contributed by atoms with Crippen LogP contribution in [0.1, 0.15) is 48.0 Å². The molecule has 2 unspecified atom stereocenters. The summed E-state index contributed by atoms with van der Waals surface area (Å²) in [6, 6.07) is 8.69. The number of hydrogen-bond acceptors (Lipinski definition) is 8. The fourth-order valence-electron chi connectivity index (χ4n) is 3.37. The van der Waals surface area contributed by atoms with Crippen molar-refractivity contribution in [3.63, 3.8) is 0 Å². The highest BCUT2D eigenvalue weighted by Gasteiger charge is 2.25. The highest BCUT2D eigenvalue weighted by atomic mass is 32.2. The number of aromatic nitrogens is 2. The van der Waals surface area contributed by atoms with Crippen LogP contribution in [0, 0.1) is 11.3 Å². The molecule has 3 rings (SSSR count). The Morgan fingerprint density at radius 1 is 1.32 bits per heavy atom. The first kappa shape index (κ1) is 22.7. The minimum atomic E-state index is -3.06. The number of rotatable bonds is 7. The van der Waals surface area contributed by atoms with Crippen LogP contribution in [0.4, 0.5) is 11.5 Å². The molecule has 1 amide bonds. The molecule has 1 aliphatic heterocycles. The average Bonchev–Trinajstić information content (AvgIpc) is 3.16. The first-order valence-electron chi connectivity index (χ1n) is 10.0. The van der Waals surface area contributed by atoms with Crippen molar-refractivity contribution in [1.82, 2.24) is 14.7 Å². The fraction of sp³-hybridized carbons (Fsp3) is 0.450. The Morgan fingerprint density at radius 2 is 1.97 bits per heavy atom. The van der Waals surface area contributed by atoms with E-state index in [0.29, 0.717) is 29.1 Å². The van der Waals surface area contributed by atoms with Gasteiger partial charge in [-0.15, -0.1) is 0 Å². The number of carbonyl (C=O) groups excluding carboxylic acids is 1. The Hall–Kier alpha value is -2.94. The van der Waals surface area contributed by atoms with Crippen LogP contribution in [0.5, 0.6) is 0 Å². The summed E-state index contributed by atoms with van der Waals surface area (Å²) in [7, 11) is -3.06. The summed E-state index contributed by atoms with van der Waals surface area (Å²) >= 11 is 0. The largest absolute Gasteiger partial charge is 0.374 e. The van der Waals surface area contributed by atoms with E-state index in [4.69, 9.17) is 11.0 Å². The molecule has 0 bridgehead atoms. The molecule has 2 atom stereocenters. The monoisotopic (exact) mass is 446 g/mol. The van der Waals surface area contributed by atoms with Gasteiger partial charge in [-0.1, -0.05) is 6.92 Å². The van der Waals surface area contributed by atoms with Crippen LogP contribution >= 0.6 is 0 Å². The molecule has 10 nitrogen and oxygen atoms in total. The molecule has 1 saturated heterocycles. The molecular weight excluding hydrogens is 420 g/mol. The van der Waals surface area contributed by atoms with E-state index < -0.39 is 16.1 Å². The van der Waals surface area contributed by atoms with Gasteiger partial charge in [0.15, 0.2) is 15.7 Å². The number of carbonyl (C=O) groups is 1. The summed E-state index contributed by atoms with van der Waals surface area (Å²) in [6.07, 6.45) is 1.36. The van der Waals surface area contributed by atoms with E-state index in [9.17, 15) is 18.3 Å². The van der Waals surface area contributed by atoms with Gasteiger partial charge in [0.2, 0.25) is 0 Å². The normalized spacial score (nSPS) is 17.5. The summed E-state index contributed by atoms with van der Waals surface area (Å²) in [6.45, 7) is 2.33. The number of aliphatic hydroxyl groups is 1. The van der Waals surface area contributed by atoms with Crippen molar-refractivity contribution in [3.05, 3.63) is 41.6 Å². The van der Waals surface area contributed by atoms with Crippen molar-refractivity contribution in [2.24, 2.45) is 5.73 Å². The molecule has 1 aromatic carbocycles. The van der Waals surface area contributed by atoms with Gasteiger partial charge in [-0.05, 0) is 30.7 Å². The predicted octanol–water partition coefficient (Wildman–Crippen LogP) is 1.31. The topological polar surface area (TPSA) is 154 Å². The summed E-state index contributed by atoms with van der Waals surface area (Å²) in [5.41, 5.74) is 7.15. The van der Waals surface area contributed by atoms with Crippen LogP contribution in [0.2, 0.25) is 0 Å². The van der Waals surface area contributed by atoms with Gasteiger partial charge < -0.3 is 21.1 Å². The van der Waals surface area contributed by atoms with Crippen LogP contribution in [0.15, 0.2) is 30.5 Å². The number of anilines is 2. The first-order chi connectivity index (χ1) is 14.7.